The lowest BCUT2D eigenvalue weighted by molar-refractivity contribution is -0.159. The number of rotatable bonds is 4. The molecule has 104 valence electrons. The second-order valence-electron chi connectivity index (χ2n) is 4.08. The average molecular weight is 270 g/mol. The van der Waals surface area contributed by atoms with Gasteiger partial charge in [0.1, 0.15) is 5.76 Å². The van der Waals surface area contributed by atoms with Gasteiger partial charge in [0, 0.05) is 12.6 Å². The zero-order valence-corrected chi connectivity index (χ0v) is 10.4. The summed E-state index contributed by atoms with van der Waals surface area (Å²) in [5, 5.41) is 12.6. The third-order valence-electron chi connectivity index (χ3n) is 2.68. The average Bonchev–Trinajstić information content (AvgIpc) is 2.81. The third kappa shape index (κ3) is 3.22. The summed E-state index contributed by atoms with van der Waals surface area (Å²) in [6.07, 6.45) is 0. The maximum atomic E-state index is 11.9. The summed E-state index contributed by atoms with van der Waals surface area (Å²) in [7, 11) is 0. The van der Waals surface area contributed by atoms with Crippen LogP contribution in [0.1, 0.15) is 5.76 Å². The van der Waals surface area contributed by atoms with Crippen molar-refractivity contribution < 1.29 is 28.7 Å². The predicted octanol–water partition coefficient (Wildman–Crippen LogP) is -0.326. The number of carboxylic acids is 1. The lowest BCUT2D eigenvalue weighted by Crippen LogP contribution is -2.53. The summed E-state index contributed by atoms with van der Waals surface area (Å²) in [5.74, 6) is -0.745. The molecule has 1 N–H and O–H groups in total. The van der Waals surface area contributed by atoms with E-state index in [-0.39, 0.29) is 25.6 Å². The van der Waals surface area contributed by atoms with Gasteiger partial charge in [0.15, 0.2) is 12.6 Å². The van der Waals surface area contributed by atoms with Crippen molar-refractivity contribution in [2.75, 3.05) is 26.4 Å². The lowest BCUT2D eigenvalue weighted by atomic mass is 10.2. The van der Waals surface area contributed by atoms with Crippen LogP contribution in [0.5, 0.6) is 5.88 Å². The Balaban J connectivity index is 1.92. The van der Waals surface area contributed by atoms with Crippen LogP contribution in [0.15, 0.2) is 10.6 Å². The first-order chi connectivity index (χ1) is 9.08. The summed E-state index contributed by atoms with van der Waals surface area (Å²) in [4.78, 5) is 24.2. The van der Waals surface area contributed by atoms with Gasteiger partial charge in [-0.2, -0.15) is 0 Å². The van der Waals surface area contributed by atoms with Crippen LogP contribution < -0.4 is 4.74 Å². The van der Waals surface area contributed by atoms with E-state index in [0.717, 1.165) is 0 Å². The van der Waals surface area contributed by atoms with Gasteiger partial charge in [0.05, 0.1) is 13.2 Å². The fourth-order valence-corrected chi connectivity index (χ4v) is 1.74. The molecule has 0 bridgehead atoms. The highest BCUT2D eigenvalue weighted by atomic mass is 16.5. The summed E-state index contributed by atoms with van der Waals surface area (Å²) in [6, 6.07) is 0.574. The van der Waals surface area contributed by atoms with Crippen LogP contribution in [0, 0.1) is 6.92 Å². The van der Waals surface area contributed by atoms with Crippen LogP contribution in [0.2, 0.25) is 0 Å². The number of aryl methyl sites for hydroxylation is 1. The highest BCUT2D eigenvalue weighted by molar-refractivity contribution is 5.84. The Labute approximate surface area is 108 Å². The Morgan fingerprint density at radius 2 is 2.42 bits per heavy atom. The summed E-state index contributed by atoms with van der Waals surface area (Å²) in [5.41, 5.74) is 0. The van der Waals surface area contributed by atoms with E-state index in [9.17, 15) is 9.59 Å². The van der Waals surface area contributed by atoms with E-state index in [4.69, 9.17) is 19.1 Å². The number of hydrogen-bond acceptors (Lipinski definition) is 6. The summed E-state index contributed by atoms with van der Waals surface area (Å²) in [6.45, 7) is 1.96. The van der Waals surface area contributed by atoms with Crippen molar-refractivity contribution in [1.82, 2.24) is 10.1 Å². The molecular weight excluding hydrogens is 256 g/mol. The number of carbonyl (C=O) groups is 2. The van der Waals surface area contributed by atoms with Gasteiger partial charge in [-0.1, -0.05) is 0 Å². The van der Waals surface area contributed by atoms with E-state index in [0.29, 0.717) is 12.4 Å². The molecule has 0 aromatic carbocycles. The standard InChI is InChI=1S/C11H14N2O6/c1-7-4-9(12-19-7)18-6-10(14)13-2-3-17-5-8(13)11(15)16/h4,8H,2-3,5-6H2,1H3,(H,15,16). The second kappa shape index (κ2) is 5.70. The van der Waals surface area contributed by atoms with E-state index in [2.05, 4.69) is 5.16 Å². The van der Waals surface area contributed by atoms with Gasteiger partial charge in [-0.15, -0.1) is 0 Å². The molecule has 8 heteroatoms. The maximum Gasteiger partial charge on any atom is 0.328 e. The van der Waals surface area contributed by atoms with Crippen molar-refractivity contribution in [1.29, 1.82) is 0 Å². The minimum Gasteiger partial charge on any atom is -0.480 e. The molecule has 2 heterocycles. The molecule has 1 aliphatic heterocycles. The van der Waals surface area contributed by atoms with E-state index in [1.165, 1.54) is 4.90 Å². The molecule has 1 fully saturated rings. The fraction of sp³-hybridized carbons (Fsp3) is 0.545. The Morgan fingerprint density at radius 1 is 1.63 bits per heavy atom. The predicted molar refractivity (Wildman–Crippen MR) is 60.7 cm³/mol. The quantitative estimate of drug-likeness (QED) is 0.799. The Bertz CT molecular complexity index is 472. The monoisotopic (exact) mass is 270 g/mol. The van der Waals surface area contributed by atoms with Crippen LogP contribution in [0.4, 0.5) is 0 Å². The first-order valence-electron chi connectivity index (χ1n) is 5.74. The van der Waals surface area contributed by atoms with Crippen molar-refractivity contribution in [3.63, 3.8) is 0 Å². The number of hydrogen-bond donors (Lipinski definition) is 1. The van der Waals surface area contributed by atoms with Gasteiger partial charge in [-0.3, -0.25) is 4.79 Å². The number of carboxylic acid groups (broad SMARTS) is 1. The van der Waals surface area contributed by atoms with E-state index < -0.39 is 17.9 Å². The normalized spacial score (nSPS) is 19.2. The van der Waals surface area contributed by atoms with Crippen molar-refractivity contribution >= 4 is 11.9 Å². The number of nitrogens with zero attached hydrogens (tertiary/aromatic N) is 2. The van der Waals surface area contributed by atoms with Crippen molar-refractivity contribution in [2.24, 2.45) is 0 Å². The summed E-state index contributed by atoms with van der Waals surface area (Å²) >= 11 is 0. The molecule has 1 amide bonds. The van der Waals surface area contributed by atoms with Crippen LogP contribution >= 0.6 is 0 Å². The van der Waals surface area contributed by atoms with Gasteiger partial charge < -0.3 is 24.0 Å². The lowest BCUT2D eigenvalue weighted by Gasteiger charge is -2.32. The minimum absolute atomic E-state index is 0.00978. The highest BCUT2D eigenvalue weighted by Gasteiger charge is 2.32. The molecule has 1 unspecified atom stereocenters. The molecule has 1 aliphatic rings. The van der Waals surface area contributed by atoms with Crippen molar-refractivity contribution in [2.45, 2.75) is 13.0 Å². The zero-order valence-electron chi connectivity index (χ0n) is 10.4. The molecular formula is C11H14N2O6. The van der Waals surface area contributed by atoms with Gasteiger partial charge in [-0.05, 0) is 12.1 Å². The molecule has 1 aromatic heterocycles. The second-order valence-corrected chi connectivity index (χ2v) is 4.08. The number of ether oxygens (including phenoxy) is 2. The van der Waals surface area contributed by atoms with Crippen molar-refractivity contribution in [3.05, 3.63) is 11.8 Å². The molecule has 1 aromatic rings. The molecule has 0 radical (unpaired) electrons. The Hall–Kier alpha value is -2.09. The largest absolute Gasteiger partial charge is 0.480 e. The van der Waals surface area contributed by atoms with Gasteiger partial charge in [-0.25, -0.2) is 4.79 Å². The fourth-order valence-electron chi connectivity index (χ4n) is 1.74. The number of carbonyl (C=O) groups excluding carboxylic acids is 1. The molecule has 2 rings (SSSR count). The van der Waals surface area contributed by atoms with Crippen LogP contribution in [-0.2, 0) is 14.3 Å². The van der Waals surface area contributed by atoms with Crippen molar-refractivity contribution in [3.8, 4) is 5.88 Å². The minimum atomic E-state index is -1.09. The molecule has 1 atom stereocenters. The molecule has 19 heavy (non-hydrogen) atoms. The van der Waals surface area contributed by atoms with Crippen LogP contribution in [0.25, 0.3) is 0 Å². The molecule has 1 saturated heterocycles. The third-order valence-corrected chi connectivity index (χ3v) is 2.68. The first-order valence-corrected chi connectivity index (χ1v) is 5.74. The van der Waals surface area contributed by atoms with E-state index in [1.807, 2.05) is 0 Å². The van der Waals surface area contributed by atoms with E-state index >= 15 is 0 Å². The Kier molecular flexibility index (Phi) is 4.00. The number of amides is 1. The number of aromatic nitrogens is 1. The van der Waals surface area contributed by atoms with Gasteiger partial charge >= 0.3 is 5.97 Å². The van der Waals surface area contributed by atoms with E-state index in [1.54, 1.807) is 13.0 Å². The highest BCUT2D eigenvalue weighted by Crippen LogP contribution is 2.12. The molecule has 0 saturated carbocycles. The maximum absolute atomic E-state index is 11.9. The number of morpholine rings is 1. The smallest absolute Gasteiger partial charge is 0.328 e. The first kappa shape index (κ1) is 13.3. The van der Waals surface area contributed by atoms with Crippen LogP contribution in [0.3, 0.4) is 0 Å². The summed E-state index contributed by atoms with van der Waals surface area (Å²) < 4.78 is 15.0. The van der Waals surface area contributed by atoms with Gasteiger partial charge in [0.2, 0.25) is 0 Å². The Morgan fingerprint density at radius 3 is 3.05 bits per heavy atom. The van der Waals surface area contributed by atoms with Gasteiger partial charge in [0.25, 0.3) is 11.8 Å². The topological polar surface area (TPSA) is 102 Å². The zero-order chi connectivity index (χ0) is 13.8. The molecule has 8 nitrogen and oxygen atoms in total. The SMILES string of the molecule is Cc1cc(OCC(=O)N2CCOCC2C(=O)O)no1. The molecule has 0 aliphatic carbocycles. The molecule has 0 spiro atoms. The van der Waals surface area contributed by atoms with Crippen LogP contribution in [-0.4, -0.2) is 59.4 Å². The number of aliphatic carboxylic acids is 1.